The van der Waals surface area contributed by atoms with Gasteiger partial charge in [0.2, 0.25) is 0 Å². The van der Waals surface area contributed by atoms with Crippen LogP contribution in [0.1, 0.15) is 18.4 Å². The van der Waals surface area contributed by atoms with Crippen molar-refractivity contribution in [2.75, 3.05) is 66.5 Å². The number of benzene rings is 5. The first kappa shape index (κ1) is 42.4. The highest BCUT2D eigenvalue weighted by Crippen LogP contribution is 2.33. The van der Waals surface area contributed by atoms with Gasteiger partial charge in [0, 0.05) is 90.7 Å². The Morgan fingerprint density at radius 1 is 0.885 bits per heavy atom. The van der Waals surface area contributed by atoms with Gasteiger partial charge >= 0.3 is 0 Å². The number of hydrogen-bond acceptors (Lipinski definition) is 12. The lowest BCUT2D eigenvalue weighted by Gasteiger charge is -2.36. The van der Waals surface area contributed by atoms with Crippen LogP contribution >= 0.6 is 23.4 Å². The molecular weight excluding hydrogens is 830 g/mol. The van der Waals surface area contributed by atoms with Crippen LogP contribution in [-0.4, -0.2) is 96.8 Å². The van der Waals surface area contributed by atoms with E-state index in [9.17, 15) is 18.5 Å². The van der Waals surface area contributed by atoms with Crippen molar-refractivity contribution in [1.82, 2.24) is 19.8 Å². The lowest BCUT2D eigenvalue weighted by molar-refractivity contribution is -0.384. The number of likely N-dealkylation sites (tertiary alicyclic amines) is 1. The number of aromatic nitrogens is 2. The van der Waals surface area contributed by atoms with Gasteiger partial charge in [-0.3, -0.25) is 19.7 Å². The summed E-state index contributed by atoms with van der Waals surface area (Å²) < 4.78 is 30.2. The number of nitro benzene ring substituents is 1. The summed E-state index contributed by atoms with van der Waals surface area (Å²) in [6, 6.07) is 36.1. The second-order valence-corrected chi connectivity index (χ2v) is 18.7. The summed E-state index contributed by atoms with van der Waals surface area (Å²) in [7, 11) is -4.28. The van der Waals surface area contributed by atoms with Gasteiger partial charge in [-0.2, -0.15) is 0 Å². The maximum absolute atomic E-state index is 13.8. The van der Waals surface area contributed by atoms with Gasteiger partial charge < -0.3 is 20.9 Å². The fraction of sp³-hybridized carbons (Fsp3) is 0.289. The number of nitrogens with one attached hydrogen (secondary N) is 2. The van der Waals surface area contributed by atoms with E-state index in [0.717, 1.165) is 87.4 Å². The van der Waals surface area contributed by atoms with Crippen molar-refractivity contribution < 1.29 is 13.3 Å². The molecule has 0 saturated carbocycles. The predicted octanol–water partition coefficient (Wildman–Crippen LogP) is 7.98. The highest BCUT2D eigenvalue weighted by molar-refractivity contribution is 7.99. The first-order valence-electron chi connectivity index (χ1n) is 20.4. The Bertz CT molecular complexity index is 2580. The van der Waals surface area contributed by atoms with Crippen molar-refractivity contribution in [2.45, 2.75) is 41.3 Å². The number of nitro groups is 1. The molecule has 3 heterocycles. The van der Waals surface area contributed by atoms with E-state index in [1.165, 1.54) is 29.6 Å². The average Bonchev–Trinajstić information content (AvgIpc) is 3.70. The van der Waals surface area contributed by atoms with Gasteiger partial charge in [0.1, 0.15) is 12.0 Å². The summed E-state index contributed by atoms with van der Waals surface area (Å²) in [6.45, 7) is 6.70. The van der Waals surface area contributed by atoms with E-state index in [-0.39, 0.29) is 34.2 Å². The van der Waals surface area contributed by atoms with Crippen LogP contribution in [0.5, 0.6) is 0 Å². The van der Waals surface area contributed by atoms with Gasteiger partial charge in [-0.15, -0.1) is 11.8 Å². The molecule has 0 amide bonds. The molecule has 13 nitrogen and oxygen atoms in total. The fourth-order valence-electron chi connectivity index (χ4n) is 7.97. The SMILES string of the molecule is N[C@@H]1CCN(CC[C@H](CSc2ccccc2)Nc2ccc(S(=O)(=O)Nc3ncnc4cc(N5CCN(Cc6ccccc6-c6ccc(Cl)cc6)CC5)ccc34)cc2[N+](=O)[O-])C1. The molecule has 0 bridgehead atoms. The molecule has 4 N–H and O–H groups in total. The number of hydrogen-bond donors (Lipinski definition) is 3. The monoisotopic (exact) mass is 877 g/mol. The average molecular weight is 879 g/mol. The van der Waals surface area contributed by atoms with Crippen LogP contribution in [0.3, 0.4) is 0 Å². The predicted molar refractivity (Wildman–Crippen MR) is 246 cm³/mol. The topological polar surface area (TPSA) is 163 Å². The Labute approximate surface area is 365 Å². The number of nitrogens with two attached hydrogens (primary N) is 1. The smallest absolute Gasteiger partial charge is 0.293 e. The molecule has 5 aromatic carbocycles. The number of sulfonamides is 1. The Kier molecular flexibility index (Phi) is 13.3. The molecule has 8 rings (SSSR count). The number of piperazine rings is 1. The number of rotatable bonds is 16. The fourth-order valence-corrected chi connectivity index (χ4v) is 10.1. The van der Waals surface area contributed by atoms with Crippen molar-refractivity contribution in [2.24, 2.45) is 5.73 Å². The van der Waals surface area contributed by atoms with Crippen molar-refractivity contribution in [1.29, 1.82) is 0 Å². The minimum atomic E-state index is -4.28. The molecule has 1 aromatic heterocycles. The van der Waals surface area contributed by atoms with Crippen molar-refractivity contribution >= 4 is 67.2 Å². The van der Waals surface area contributed by atoms with E-state index in [1.54, 1.807) is 11.8 Å². The molecule has 0 unspecified atom stereocenters. The minimum Gasteiger partial charge on any atom is -0.376 e. The summed E-state index contributed by atoms with van der Waals surface area (Å²) in [4.78, 5) is 28.5. The summed E-state index contributed by atoms with van der Waals surface area (Å²) in [5.41, 5.74) is 11.2. The minimum absolute atomic E-state index is 0.0882. The molecule has 2 saturated heterocycles. The Balaban J connectivity index is 0.934. The standard InChI is InChI=1S/C45H48ClN9O4S2/c46-34-12-10-32(11-13-34)40-9-5-4-6-33(40)28-53-22-24-54(25-23-53)37-14-16-41-43(26-37)48-31-49-45(41)51-61(58,59)39-15-17-42(44(27-39)55(56)57)50-36(19-21-52-20-18-35(47)29-52)30-60-38-7-2-1-3-8-38/h1-17,26-27,31,35-36,50H,18-25,28-30,47H2,(H,48,49,51)/t35-,36-/m1/s1. The third-order valence-electron chi connectivity index (χ3n) is 11.3. The molecule has 316 valence electrons. The van der Waals surface area contributed by atoms with Crippen LogP contribution in [0.25, 0.3) is 22.0 Å². The number of nitrogens with zero attached hydrogens (tertiary/aromatic N) is 6. The molecule has 2 fully saturated rings. The Morgan fingerprint density at radius 2 is 1.66 bits per heavy atom. The molecule has 2 aliphatic heterocycles. The third kappa shape index (κ3) is 10.6. The number of anilines is 3. The maximum Gasteiger partial charge on any atom is 0.293 e. The van der Waals surface area contributed by atoms with Gasteiger partial charge in [0.15, 0.2) is 5.82 Å². The van der Waals surface area contributed by atoms with Crippen LogP contribution in [0, 0.1) is 10.1 Å². The summed E-state index contributed by atoms with van der Waals surface area (Å²) >= 11 is 7.81. The molecule has 2 atom stereocenters. The van der Waals surface area contributed by atoms with Gasteiger partial charge in [-0.1, -0.05) is 66.2 Å². The van der Waals surface area contributed by atoms with E-state index >= 15 is 0 Å². The van der Waals surface area contributed by atoms with Gasteiger partial charge in [0.05, 0.1) is 15.3 Å². The maximum atomic E-state index is 13.8. The highest BCUT2D eigenvalue weighted by Gasteiger charge is 2.26. The van der Waals surface area contributed by atoms with Crippen LogP contribution in [0.15, 0.2) is 131 Å². The van der Waals surface area contributed by atoms with Gasteiger partial charge in [-0.25, -0.2) is 18.4 Å². The van der Waals surface area contributed by atoms with E-state index in [4.69, 9.17) is 17.3 Å². The van der Waals surface area contributed by atoms with Crippen molar-refractivity contribution in [3.8, 4) is 11.1 Å². The lowest BCUT2D eigenvalue weighted by atomic mass is 9.99. The van der Waals surface area contributed by atoms with Crippen LogP contribution < -0.4 is 20.7 Å². The summed E-state index contributed by atoms with van der Waals surface area (Å²) in [6.07, 6.45) is 2.99. The molecular formula is C45H48ClN9O4S2. The number of thioether (sulfide) groups is 1. The Hall–Kier alpha value is -5.29. The largest absolute Gasteiger partial charge is 0.376 e. The normalized spacial score (nSPS) is 16.8. The van der Waals surface area contributed by atoms with Gasteiger partial charge in [0.25, 0.3) is 15.7 Å². The molecule has 6 aromatic rings. The molecule has 2 aliphatic rings. The molecule has 16 heteroatoms. The van der Waals surface area contributed by atoms with Crippen LogP contribution in [0.4, 0.5) is 22.9 Å². The first-order chi connectivity index (χ1) is 29.6. The van der Waals surface area contributed by atoms with Gasteiger partial charge in [-0.05, 0) is 90.7 Å². The molecule has 0 aliphatic carbocycles. The van der Waals surface area contributed by atoms with Crippen molar-refractivity contribution in [3.05, 3.63) is 142 Å². The zero-order valence-electron chi connectivity index (χ0n) is 33.6. The van der Waals surface area contributed by atoms with E-state index in [1.807, 2.05) is 60.7 Å². The van der Waals surface area contributed by atoms with E-state index in [0.29, 0.717) is 21.7 Å². The zero-order chi connectivity index (χ0) is 42.3. The van der Waals surface area contributed by atoms with E-state index in [2.05, 4.69) is 71.1 Å². The molecule has 0 spiro atoms. The van der Waals surface area contributed by atoms with Crippen LogP contribution in [0.2, 0.25) is 5.02 Å². The Morgan fingerprint density at radius 3 is 2.41 bits per heavy atom. The molecule has 61 heavy (non-hydrogen) atoms. The van der Waals surface area contributed by atoms with Crippen LogP contribution in [-0.2, 0) is 16.6 Å². The van der Waals surface area contributed by atoms with E-state index < -0.39 is 14.9 Å². The highest BCUT2D eigenvalue weighted by atomic mass is 35.5. The second kappa shape index (κ2) is 19.2. The number of fused-ring (bicyclic) bond motifs is 1. The summed E-state index contributed by atoms with van der Waals surface area (Å²) in [5, 5.41) is 17.0. The summed E-state index contributed by atoms with van der Waals surface area (Å²) in [5.74, 6) is 0.743. The molecule has 0 radical (unpaired) electrons. The first-order valence-corrected chi connectivity index (χ1v) is 23.2. The third-order valence-corrected chi connectivity index (χ3v) is 14.1. The quantitative estimate of drug-likeness (QED) is 0.0489. The van der Waals surface area contributed by atoms with Crippen molar-refractivity contribution in [3.63, 3.8) is 0 Å². The lowest BCUT2D eigenvalue weighted by Crippen LogP contribution is -2.46. The zero-order valence-corrected chi connectivity index (χ0v) is 36.0. The second-order valence-electron chi connectivity index (χ2n) is 15.5. The number of halogens is 1.